The summed E-state index contributed by atoms with van der Waals surface area (Å²) in [5, 5.41) is 0.254. The summed E-state index contributed by atoms with van der Waals surface area (Å²) in [6, 6.07) is -0.0303. The summed E-state index contributed by atoms with van der Waals surface area (Å²) >= 11 is 5.45. The second-order valence-corrected chi connectivity index (χ2v) is 2.41. The molecule has 1 atom stereocenters. The molecule has 1 unspecified atom stereocenters. The molecule has 0 aromatic carbocycles. The fourth-order valence-electron chi connectivity index (χ4n) is 0.557. The van der Waals surface area contributed by atoms with E-state index in [1.807, 2.05) is 6.92 Å². The van der Waals surface area contributed by atoms with Crippen molar-refractivity contribution in [1.82, 2.24) is 9.97 Å². The van der Waals surface area contributed by atoms with Gasteiger partial charge in [0.05, 0.1) is 0 Å². The number of aromatic nitrogens is 2. The van der Waals surface area contributed by atoms with Crippen molar-refractivity contribution >= 4 is 11.6 Å². The van der Waals surface area contributed by atoms with Crippen LogP contribution in [-0.4, -0.2) is 9.97 Å². The van der Waals surface area contributed by atoms with E-state index in [1.54, 1.807) is 12.4 Å². The average Bonchev–Trinajstić information content (AvgIpc) is 1.88. The van der Waals surface area contributed by atoms with E-state index in [0.717, 1.165) is 5.56 Å². The standard InChI is InChI=1S/C6H8ClN3/c1-4(8)5-2-9-6(7)10-3-5/h2-4H,8H2,1H3. The molecule has 1 heterocycles. The summed E-state index contributed by atoms with van der Waals surface area (Å²) in [6.45, 7) is 1.87. The second kappa shape index (κ2) is 2.94. The Kier molecular flexibility index (Phi) is 2.19. The SMILES string of the molecule is CC(N)c1cnc(Cl)nc1. The zero-order valence-corrected chi connectivity index (χ0v) is 6.34. The van der Waals surface area contributed by atoms with Gasteiger partial charge in [-0.3, -0.25) is 0 Å². The second-order valence-electron chi connectivity index (χ2n) is 2.07. The van der Waals surface area contributed by atoms with Gasteiger partial charge >= 0.3 is 0 Å². The van der Waals surface area contributed by atoms with Crippen molar-refractivity contribution in [1.29, 1.82) is 0 Å². The van der Waals surface area contributed by atoms with Gasteiger partial charge in [0.2, 0.25) is 5.28 Å². The first-order valence-corrected chi connectivity index (χ1v) is 3.31. The van der Waals surface area contributed by atoms with Crippen LogP contribution < -0.4 is 5.73 Å². The van der Waals surface area contributed by atoms with E-state index < -0.39 is 0 Å². The van der Waals surface area contributed by atoms with Gasteiger partial charge in [-0.25, -0.2) is 9.97 Å². The third kappa shape index (κ3) is 1.65. The lowest BCUT2D eigenvalue weighted by atomic mass is 10.2. The minimum Gasteiger partial charge on any atom is -0.324 e. The molecule has 1 aromatic rings. The maximum absolute atomic E-state index is 5.54. The molecule has 0 fully saturated rings. The van der Waals surface area contributed by atoms with Crippen LogP contribution in [0.5, 0.6) is 0 Å². The molecule has 1 rings (SSSR count). The van der Waals surface area contributed by atoms with Crippen molar-refractivity contribution in [3.63, 3.8) is 0 Å². The molecular formula is C6H8ClN3. The molecule has 0 bridgehead atoms. The zero-order valence-electron chi connectivity index (χ0n) is 5.58. The first-order valence-electron chi connectivity index (χ1n) is 2.93. The average molecular weight is 158 g/mol. The van der Waals surface area contributed by atoms with Crippen molar-refractivity contribution in [3.8, 4) is 0 Å². The molecule has 4 heteroatoms. The van der Waals surface area contributed by atoms with Crippen LogP contribution in [0.4, 0.5) is 0 Å². The molecule has 0 aliphatic heterocycles. The summed E-state index contributed by atoms with van der Waals surface area (Å²) in [6.07, 6.45) is 3.25. The monoisotopic (exact) mass is 157 g/mol. The highest BCUT2D eigenvalue weighted by molar-refractivity contribution is 6.28. The molecule has 0 aliphatic carbocycles. The quantitative estimate of drug-likeness (QED) is 0.623. The number of rotatable bonds is 1. The fourth-order valence-corrected chi connectivity index (χ4v) is 0.655. The molecule has 10 heavy (non-hydrogen) atoms. The molecule has 0 saturated heterocycles. The van der Waals surface area contributed by atoms with Crippen LogP contribution in [0.1, 0.15) is 18.5 Å². The Morgan fingerprint density at radius 3 is 2.40 bits per heavy atom. The molecule has 0 saturated carbocycles. The maximum atomic E-state index is 5.54. The van der Waals surface area contributed by atoms with Crippen LogP contribution in [0.3, 0.4) is 0 Å². The summed E-state index contributed by atoms with van der Waals surface area (Å²) in [5.74, 6) is 0. The smallest absolute Gasteiger partial charge is 0.222 e. The van der Waals surface area contributed by atoms with Crippen molar-refractivity contribution in [3.05, 3.63) is 23.2 Å². The molecule has 0 amide bonds. The van der Waals surface area contributed by atoms with E-state index in [-0.39, 0.29) is 11.3 Å². The highest BCUT2D eigenvalue weighted by Crippen LogP contribution is 2.06. The minimum absolute atomic E-state index is 0.0303. The van der Waals surface area contributed by atoms with Gasteiger partial charge in [-0.15, -0.1) is 0 Å². The normalized spacial score (nSPS) is 13.1. The Morgan fingerprint density at radius 1 is 1.50 bits per heavy atom. The lowest BCUT2D eigenvalue weighted by molar-refractivity contribution is 0.802. The topological polar surface area (TPSA) is 51.8 Å². The van der Waals surface area contributed by atoms with Crippen molar-refractivity contribution < 1.29 is 0 Å². The lowest BCUT2D eigenvalue weighted by Gasteiger charge is -2.01. The summed E-state index contributed by atoms with van der Waals surface area (Å²) in [7, 11) is 0. The highest BCUT2D eigenvalue weighted by atomic mass is 35.5. The van der Waals surface area contributed by atoms with Crippen LogP contribution in [0.2, 0.25) is 5.28 Å². The fraction of sp³-hybridized carbons (Fsp3) is 0.333. The van der Waals surface area contributed by atoms with Crippen LogP contribution >= 0.6 is 11.6 Å². The van der Waals surface area contributed by atoms with Gasteiger partial charge in [-0.05, 0) is 18.5 Å². The van der Waals surface area contributed by atoms with Crippen molar-refractivity contribution in [2.24, 2.45) is 5.73 Å². The lowest BCUT2D eigenvalue weighted by Crippen LogP contribution is -2.05. The maximum Gasteiger partial charge on any atom is 0.222 e. The Hall–Kier alpha value is -0.670. The van der Waals surface area contributed by atoms with Gasteiger partial charge in [-0.1, -0.05) is 0 Å². The Balaban J connectivity index is 2.89. The molecule has 54 valence electrons. The number of nitrogens with zero attached hydrogens (tertiary/aromatic N) is 2. The first-order chi connectivity index (χ1) is 4.70. The molecule has 0 radical (unpaired) electrons. The molecule has 1 aromatic heterocycles. The Bertz CT molecular complexity index is 207. The van der Waals surface area contributed by atoms with E-state index in [9.17, 15) is 0 Å². The molecule has 3 nitrogen and oxygen atoms in total. The van der Waals surface area contributed by atoms with Crippen LogP contribution in [0.25, 0.3) is 0 Å². The van der Waals surface area contributed by atoms with Gasteiger partial charge in [0.15, 0.2) is 0 Å². The summed E-state index contributed by atoms with van der Waals surface area (Å²) in [5.41, 5.74) is 6.43. The predicted molar refractivity (Wildman–Crippen MR) is 39.6 cm³/mol. The van der Waals surface area contributed by atoms with E-state index in [4.69, 9.17) is 17.3 Å². The predicted octanol–water partition coefficient (Wildman–Crippen LogP) is 1.15. The highest BCUT2D eigenvalue weighted by Gasteiger charge is 1.98. The number of nitrogens with two attached hydrogens (primary N) is 1. The van der Waals surface area contributed by atoms with E-state index in [1.165, 1.54) is 0 Å². The van der Waals surface area contributed by atoms with Gasteiger partial charge in [0.1, 0.15) is 0 Å². The van der Waals surface area contributed by atoms with Crippen molar-refractivity contribution in [2.75, 3.05) is 0 Å². The van der Waals surface area contributed by atoms with Gasteiger partial charge < -0.3 is 5.73 Å². The third-order valence-electron chi connectivity index (χ3n) is 1.17. The first kappa shape index (κ1) is 7.44. The molecular weight excluding hydrogens is 150 g/mol. The zero-order chi connectivity index (χ0) is 7.56. The van der Waals surface area contributed by atoms with Gasteiger partial charge in [0, 0.05) is 24.0 Å². The van der Waals surface area contributed by atoms with E-state index >= 15 is 0 Å². The van der Waals surface area contributed by atoms with Crippen LogP contribution in [0.15, 0.2) is 12.4 Å². The van der Waals surface area contributed by atoms with Gasteiger partial charge in [0.25, 0.3) is 0 Å². The molecule has 0 spiro atoms. The third-order valence-corrected chi connectivity index (χ3v) is 1.36. The molecule has 2 N–H and O–H groups in total. The van der Waals surface area contributed by atoms with E-state index in [0.29, 0.717) is 0 Å². The van der Waals surface area contributed by atoms with E-state index in [2.05, 4.69) is 9.97 Å². The summed E-state index contributed by atoms with van der Waals surface area (Å²) < 4.78 is 0. The Morgan fingerprint density at radius 2 is 2.00 bits per heavy atom. The summed E-state index contributed by atoms with van der Waals surface area (Å²) in [4.78, 5) is 7.55. The largest absolute Gasteiger partial charge is 0.324 e. The Labute approximate surface area is 64.2 Å². The number of hydrogen-bond acceptors (Lipinski definition) is 3. The van der Waals surface area contributed by atoms with Gasteiger partial charge in [-0.2, -0.15) is 0 Å². The molecule has 0 aliphatic rings. The number of hydrogen-bond donors (Lipinski definition) is 1. The minimum atomic E-state index is -0.0303. The number of halogens is 1. The van der Waals surface area contributed by atoms with Crippen LogP contribution in [-0.2, 0) is 0 Å². The van der Waals surface area contributed by atoms with Crippen molar-refractivity contribution in [2.45, 2.75) is 13.0 Å². The van der Waals surface area contributed by atoms with Crippen LogP contribution in [0, 0.1) is 0 Å².